The molecule has 27 heavy (non-hydrogen) atoms. The summed E-state index contributed by atoms with van der Waals surface area (Å²) in [5.74, 6) is 0. The molecule has 2 atom stereocenters. The third-order valence-corrected chi connectivity index (χ3v) is 5.55. The Balaban J connectivity index is 1.81. The molecule has 2 aromatic heterocycles. The number of aromatic nitrogens is 2. The van der Waals surface area contributed by atoms with Crippen molar-refractivity contribution in [3.05, 3.63) is 82.9 Å². The number of hydrogen-bond donors (Lipinski definition) is 2. The first-order chi connectivity index (χ1) is 13.2. The van der Waals surface area contributed by atoms with Gasteiger partial charge < -0.3 is 19.9 Å². The van der Waals surface area contributed by atoms with Crippen LogP contribution in [0.5, 0.6) is 0 Å². The van der Waals surface area contributed by atoms with Crippen molar-refractivity contribution in [3.63, 3.8) is 0 Å². The number of thiocarbonyl (C=S) groups is 1. The molecule has 3 aromatic rings. The SMILES string of the molecule is OCCN1C(=S)N[C@H](c2ccccn2)[C@@H]1c1cccn1-c1cccc(Br)c1. The number of nitrogens with zero attached hydrogens (tertiary/aromatic N) is 3. The van der Waals surface area contributed by atoms with Gasteiger partial charge in [0.25, 0.3) is 0 Å². The molecule has 0 aliphatic carbocycles. The van der Waals surface area contributed by atoms with Gasteiger partial charge in [0.1, 0.15) is 0 Å². The monoisotopic (exact) mass is 442 g/mol. The van der Waals surface area contributed by atoms with E-state index in [0.29, 0.717) is 11.7 Å². The Labute approximate surface area is 171 Å². The number of aliphatic hydroxyl groups excluding tert-OH is 1. The molecule has 0 amide bonds. The Bertz CT molecular complexity index is 946. The zero-order chi connectivity index (χ0) is 18.8. The van der Waals surface area contributed by atoms with Crippen LogP contribution in [0.3, 0.4) is 0 Å². The first-order valence-corrected chi connectivity index (χ1v) is 9.91. The predicted molar refractivity (Wildman–Crippen MR) is 113 cm³/mol. The molecule has 1 fully saturated rings. The zero-order valence-corrected chi connectivity index (χ0v) is 16.9. The molecule has 1 aliphatic heterocycles. The van der Waals surface area contributed by atoms with Gasteiger partial charge in [0.05, 0.1) is 24.4 Å². The number of hydrogen-bond acceptors (Lipinski definition) is 3. The number of nitrogens with one attached hydrogen (secondary N) is 1. The van der Waals surface area contributed by atoms with Crippen LogP contribution in [0.25, 0.3) is 5.69 Å². The summed E-state index contributed by atoms with van der Waals surface area (Å²) < 4.78 is 3.18. The van der Waals surface area contributed by atoms with Gasteiger partial charge in [0.15, 0.2) is 5.11 Å². The summed E-state index contributed by atoms with van der Waals surface area (Å²) >= 11 is 9.12. The summed E-state index contributed by atoms with van der Waals surface area (Å²) in [6.45, 7) is 0.494. The van der Waals surface area contributed by atoms with Crippen molar-refractivity contribution >= 4 is 33.3 Å². The molecular formula is C20H19BrN4OS. The van der Waals surface area contributed by atoms with E-state index in [-0.39, 0.29) is 18.7 Å². The van der Waals surface area contributed by atoms with Gasteiger partial charge in [0, 0.05) is 34.8 Å². The maximum atomic E-state index is 9.58. The minimum absolute atomic E-state index is 0.0326. The van der Waals surface area contributed by atoms with Gasteiger partial charge in [-0.05, 0) is 54.7 Å². The molecule has 1 aromatic carbocycles. The van der Waals surface area contributed by atoms with E-state index in [0.717, 1.165) is 21.5 Å². The molecule has 1 aliphatic rings. The summed E-state index contributed by atoms with van der Waals surface area (Å²) in [4.78, 5) is 6.58. The van der Waals surface area contributed by atoms with E-state index in [1.54, 1.807) is 6.20 Å². The number of rotatable bonds is 5. The minimum atomic E-state index is -0.0916. The Morgan fingerprint density at radius 2 is 2.04 bits per heavy atom. The van der Waals surface area contributed by atoms with Crippen LogP contribution in [0, 0.1) is 0 Å². The van der Waals surface area contributed by atoms with Crippen molar-refractivity contribution in [3.8, 4) is 5.69 Å². The van der Waals surface area contributed by atoms with E-state index in [9.17, 15) is 5.11 Å². The first-order valence-electron chi connectivity index (χ1n) is 8.71. The van der Waals surface area contributed by atoms with Crippen molar-refractivity contribution < 1.29 is 5.11 Å². The van der Waals surface area contributed by atoms with Crippen LogP contribution in [-0.4, -0.2) is 37.8 Å². The van der Waals surface area contributed by atoms with E-state index in [4.69, 9.17) is 12.2 Å². The van der Waals surface area contributed by atoms with Crippen molar-refractivity contribution in [2.45, 2.75) is 12.1 Å². The van der Waals surface area contributed by atoms with E-state index >= 15 is 0 Å². The van der Waals surface area contributed by atoms with Crippen LogP contribution in [-0.2, 0) is 0 Å². The number of pyridine rings is 1. The molecule has 0 radical (unpaired) electrons. The van der Waals surface area contributed by atoms with Crippen LogP contribution in [0.15, 0.2) is 71.5 Å². The average Bonchev–Trinajstić information content (AvgIpc) is 3.28. The lowest BCUT2D eigenvalue weighted by Crippen LogP contribution is -2.32. The lowest BCUT2D eigenvalue weighted by Gasteiger charge is -2.28. The van der Waals surface area contributed by atoms with Gasteiger partial charge >= 0.3 is 0 Å². The van der Waals surface area contributed by atoms with E-state index in [2.05, 4.69) is 49.0 Å². The predicted octanol–water partition coefficient (Wildman–Crippen LogP) is 3.60. The summed E-state index contributed by atoms with van der Waals surface area (Å²) in [5.41, 5.74) is 3.07. The summed E-state index contributed by atoms with van der Waals surface area (Å²) in [6, 6.07) is 18.0. The van der Waals surface area contributed by atoms with Crippen LogP contribution in [0.2, 0.25) is 0 Å². The van der Waals surface area contributed by atoms with Crippen molar-refractivity contribution in [1.29, 1.82) is 0 Å². The molecule has 0 unspecified atom stereocenters. The summed E-state index contributed by atoms with van der Waals surface area (Å²) in [7, 11) is 0. The fourth-order valence-corrected chi connectivity index (χ4v) is 4.29. The Hall–Kier alpha value is -2.22. The quantitative estimate of drug-likeness (QED) is 0.591. The second-order valence-corrected chi connectivity index (χ2v) is 7.63. The molecule has 7 heteroatoms. The van der Waals surface area contributed by atoms with Crippen molar-refractivity contribution in [2.75, 3.05) is 13.2 Å². The van der Waals surface area contributed by atoms with E-state index in [1.807, 2.05) is 47.5 Å². The van der Waals surface area contributed by atoms with Gasteiger partial charge in [0.2, 0.25) is 0 Å². The highest BCUT2D eigenvalue weighted by molar-refractivity contribution is 9.10. The number of halogens is 1. The number of aliphatic hydroxyl groups is 1. The normalized spacial score (nSPS) is 19.3. The smallest absolute Gasteiger partial charge is 0.170 e. The number of β-amino-alcohol motifs (C(OH)–C–C–N with tert-alkyl or cyclic N) is 1. The number of benzene rings is 1. The molecule has 3 heterocycles. The second-order valence-electron chi connectivity index (χ2n) is 6.33. The Morgan fingerprint density at radius 3 is 2.78 bits per heavy atom. The lowest BCUT2D eigenvalue weighted by atomic mass is 10.0. The highest BCUT2D eigenvalue weighted by Crippen LogP contribution is 2.39. The third-order valence-electron chi connectivity index (χ3n) is 4.71. The molecule has 0 spiro atoms. The van der Waals surface area contributed by atoms with Crippen LogP contribution in [0.1, 0.15) is 23.5 Å². The van der Waals surface area contributed by atoms with Crippen molar-refractivity contribution in [1.82, 2.24) is 19.8 Å². The fourth-order valence-electron chi connectivity index (χ4n) is 3.57. The molecule has 5 nitrogen and oxygen atoms in total. The topological polar surface area (TPSA) is 53.3 Å². The molecule has 1 saturated heterocycles. The fraction of sp³-hybridized carbons (Fsp3) is 0.200. The summed E-state index contributed by atoms with van der Waals surface area (Å²) in [6.07, 6.45) is 3.84. The Kier molecular flexibility index (Phi) is 5.24. The maximum Gasteiger partial charge on any atom is 0.170 e. The third kappa shape index (κ3) is 3.50. The van der Waals surface area contributed by atoms with Gasteiger partial charge in [-0.25, -0.2) is 0 Å². The molecule has 138 valence electrons. The molecule has 0 saturated carbocycles. The first kappa shape index (κ1) is 18.2. The standard InChI is InChI=1S/C20H19BrN4OS/c21-14-5-3-6-15(13-14)24-10-4-8-17(24)19-18(16-7-1-2-9-22-16)23-20(27)25(19)11-12-26/h1-10,13,18-19,26H,11-12H2,(H,23,27)/t18-,19+/m1/s1. The molecular weight excluding hydrogens is 424 g/mol. The van der Waals surface area contributed by atoms with Crippen LogP contribution >= 0.6 is 28.1 Å². The maximum absolute atomic E-state index is 9.58. The van der Waals surface area contributed by atoms with E-state index in [1.165, 1.54) is 0 Å². The molecule has 2 N–H and O–H groups in total. The van der Waals surface area contributed by atoms with Crippen LogP contribution < -0.4 is 5.32 Å². The average molecular weight is 443 g/mol. The van der Waals surface area contributed by atoms with E-state index < -0.39 is 0 Å². The highest BCUT2D eigenvalue weighted by Gasteiger charge is 2.40. The zero-order valence-electron chi connectivity index (χ0n) is 14.5. The van der Waals surface area contributed by atoms with Gasteiger partial charge in [-0.15, -0.1) is 0 Å². The largest absolute Gasteiger partial charge is 0.395 e. The molecule has 4 rings (SSSR count). The summed E-state index contributed by atoms with van der Waals surface area (Å²) in [5, 5.41) is 13.6. The second kappa shape index (κ2) is 7.80. The van der Waals surface area contributed by atoms with Gasteiger partial charge in [-0.3, -0.25) is 4.98 Å². The van der Waals surface area contributed by atoms with Crippen LogP contribution in [0.4, 0.5) is 0 Å². The Morgan fingerprint density at radius 1 is 1.15 bits per heavy atom. The van der Waals surface area contributed by atoms with Crippen molar-refractivity contribution in [2.24, 2.45) is 0 Å². The minimum Gasteiger partial charge on any atom is -0.395 e. The van der Waals surface area contributed by atoms with Gasteiger partial charge in [-0.1, -0.05) is 28.1 Å². The van der Waals surface area contributed by atoms with Gasteiger partial charge in [-0.2, -0.15) is 0 Å². The highest BCUT2D eigenvalue weighted by atomic mass is 79.9. The lowest BCUT2D eigenvalue weighted by molar-refractivity contribution is 0.220. The molecule has 0 bridgehead atoms.